The number of primary amides is 1. The first kappa shape index (κ1) is 19.8. The predicted octanol–water partition coefficient (Wildman–Crippen LogP) is 1.11. The van der Waals surface area contributed by atoms with Crippen molar-refractivity contribution in [3.8, 4) is 5.75 Å². The molecule has 2 rings (SSSR count). The first-order chi connectivity index (χ1) is 12.6. The van der Waals surface area contributed by atoms with Crippen LogP contribution >= 0.6 is 0 Å². The first-order valence-electron chi connectivity index (χ1n) is 7.38. The maximum atomic E-state index is 12.3. The number of anilines is 1. The molecule has 2 amide bonds. The van der Waals surface area contributed by atoms with E-state index in [4.69, 9.17) is 10.5 Å². The minimum absolute atomic E-state index is 0.182. The number of rotatable bonds is 7. The molecule has 27 heavy (non-hydrogen) atoms. The highest BCUT2D eigenvalue weighted by Crippen LogP contribution is 2.22. The lowest BCUT2D eigenvalue weighted by Crippen LogP contribution is -2.20. The molecule has 10 nitrogen and oxygen atoms in total. The Morgan fingerprint density at radius 1 is 1.19 bits per heavy atom. The van der Waals surface area contributed by atoms with Crippen molar-refractivity contribution >= 4 is 33.0 Å². The molecule has 0 bridgehead atoms. The second kappa shape index (κ2) is 7.83. The second-order valence-corrected chi connectivity index (χ2v) is 7.49. The highest BCUT2D eigenvalue weighted by atomic mass is 32.2. The van der Waals surface area contributed by atoms with Crippen molar-refractivity contribution in [1.82, 2.24) is 0 Å². The Balaban J connectivity index is 2.23. The number of nitro groups is 1. The van der Waals surface area contributed by atoms with Crippen LogP contribution in [0.3, 0.4) is 0 Å². The molecular formula is C16H15N3O7S. The van der Waals surface area contributed by atoms with Crippen molar-refractivity contribution in [2.75, 3.05) is 18.2 Å². The number of benzene rings is 2. The van der Waals surface area contributed by atoms with Crippen LogP contribution < -0.4 is 15.8 Å². The topological polar surface area (TPSA) is 159 Å². The molecule has 0 aliphatic heterocycles. The van der Waals surface area contributed by atoms with Crippen molar-refractivity contribution in [2.45, 2.75) is 4.90 Å². The highest BCUT2D eigenvalue weighted by Gasteiger charge is 2.19. The van der Waals surface area contributed by atoms with Gasteiger partial charge >= 0.3 is 0 Å². The molecule has 2 aromatic rings. The van der Waals surface area contributed by atoms with E-state index in [1.54, 1.807) is 0 Å². The minimum Gasteiger partial charge on any atom is -0.484 e. The number of carbonyl (C=O) groups excluding carboxylic acids is 2. The van der Waals surface area contributed by atoms with Crippen LogP contribution in [0.1, 0.15) is 10.4 Å². The Hall–Kier alpha value is -3.47. The summed E-state index contributed by atoms with van der Waals surface area (Å²) in [6, 6.07) is 8.83. The van der Waals surface area contributed by atoms with E-state index in [1.165, 1.54) is 24.3 Å². The molecule has 0 unspecified atom stereocenters. The van der Waals surface area contributed by atoms with Crippen LogP contribution in [0.25, 0.3) is 0 Å². The second-order valence-electron chi connectivity index (χ2n) is 5.48. The lowest BCUT2D eigenvalue weighted by molar-refractivity contribution is -0.385. The molecule has 11 heteroatoms. The molecule has 0 atom stereocenters. The monoisotopic (exact) mass is 393 g/mol. The standard InChI is InChI=1S/C16H15N3O7S/c1-27(24,25)14-7-10(6-12(8-14)19(22)23)16(21)18-11-2-4-13(5-3-11)26-9-15(17)20/h2-8H,9H2,1H3,(H2,17,20)(H,18,21). The SMILES string of the molecule is CS(=O)(=O)c1cc(C(=O)Nc2ccc(OCC(N)=O)cc2)cc([N+](=O)[O-])c1. The largest absolute Gasteiger partial charge is 0.484 e. The van der Waals surface area contributed by atoms with Crippen molar-refractivity contribution < 1.29 is 27.7 Å². The van der Waals surface area contributed by atoms with Crippen LogP contribution in [0.4, 0.5) is 11.4 Å². The Morgan fingerprint density at radius 3 is 2.33 bits per heavy atom. The molecule has 0 aromatic heterocycles. The number of nitrogens with one attached hydrogen (secondary N) is 1. The summed E-state index contributed by atoms with van der Waals surface area (Å²) in [5.74, 6) is -1.02. The molecule has 142 valence electrons. The number of amides is 2. The third-order valence-corrected chi connectivity index (χ3v) is 4.38. The van der Waals surface area contributed by atoms with Crippen molar-refractivity contribution in [3.63, 3.8) is 0 Å². The van der Waals surface area contributed by atoms with E-state index in [9.17, 15) is 28.1 Å². The van der Waals surface area contributed by atoms with E-state index in [2.05, 4.69) is 5.32 Å². The number of nitro benzene ring substituents is 1. The Kier molecular flexibility index (Phi) is 5.75. The summed E-state index contributed by atoms with van der Waals surface area (Å²) in [7, 11) is -3.75. The van der Waals surface area contributed by atoms with Gasteiger partial charge in [-0.25, -0.2) is 8.42 Å². The fourth-order valence-corrected chi connectivity index (χ4v) is 2.70. The third kappa shape index (κ3) is 5.51. The van der Waals surface area contributed by atoms with E-state index in [1.807, 2.05) is 0 Å². The van der Waals surface area contributed by atoms with Gasteiger partial charge in [-0.15, -0.1) is 0 Å². The summed E-state index contributed by atoms with van der Waals surface area (Å²) in [5.41, 5.74) is 4.60. The molecule has 0 saturated heterocycles. The van der Waals surface area contributed by atoms with Crippen molar-refractivity contribution in [2.24, 2.45) is 5.73 Å². The third-order valence-electron chi connectivity index (χ3n) is 3.29. The predicted molar refractivity (Wildman–Crippen MR) is 95.3 cm³/mol. The van der Waals surface area contributed by atoms with Crippen LogP contribution in [-0.4, -0.2) is 38.0 Å². The van der Waals surface area contributed by atoms with Crippen LogP contribution in [0.2, 0.25) is 0 Å². The maximum absolute atomic E-state index is 12.3. The number of nitrogens with zero attached hydrogens (tertiary/aromatic N) is 1. The lowest BCUT2D eigenvalue weighted by Gasteiger charge is -2.08. The maximum Gasteiger partial charge on any atom is 0.271 e. The zero-order chi connectivity index (χ0) is 20.2. The first-order valence-corrected chi connectivity index (χ1v) is 9.27. The highest BCUT2D eigenvalue weighted by molar-refractivity contribution is 7.90. The van der Waals surface area contributed by atoms with Gasteiger partial charge in [0, 0.05) is 29.6 Å². The summed E-state index contributed by atoms with van der Waals surface area (Å²) in [5, 5.41) is 13.5. The summed E-state index contributed by atoms with van der Waals surface area (Å²) >= 11 is 0. The number of sulfone groups is 1. The normalized spacial score (nSPS) is 10.9. The molecule has 3 N–H and O–H groups in total. The van der Waals surface area contributed by atoms with Gasteiger partial charge in [0.2, 0.25) is 0 Å². The molecular weight excluding hydrogens is 378 g/mol. The van der Waals surface area contributed by atoms with Crippen LogP contribution in [0.15, 0.2) is 47.4 Å². The van der Waals surface area contributed by atoms with E-state index in [0.717, 1.165) is 24.5 Å². The Labute approximate surface area is 154 Å². The smallest absolute Gasteiger partial charge is 0.271 e. The molecule has 0 aliphatic rings. The lowest BCUT2D eigenvalue weighted by atomic mass is 10.2. The van der Waals surface area contributed by atoms with Crippen molar-refractivity contribution in [3.05, 3.63) is 58.1 Å². The fraction of sp³-hybridized carbons (Fsp3) is 0.125. The van der Waals surface area contributed by atoms with Crippen LogP contribution in [0.5, 0.6) is 5.75 Å². The van der Waals surface area contributed by atoms with Crippen LogP contribution in [0, 0.1) is 10.1 Å². The number of ether oxygens (including phenoxy) is 1. The van der Waals surface area contributed by atoms with E-state index < -0.39 is 32.3 Å². The van der Waals surface area contributed by atoms with Gasteiger partial charge in [-0.1, -0.05) is 0 Å². The van der Waals surface area contributed by atoms with Gasteiger partial charge in [-0.2, -0.15) is 0 Å². The molecule has 0 spiro atoms. The number of carbonyl (C=O) groups is 2. The molecule has 0 heterocycles. The van der Waals surface area contributed by atoms with Gasteiger partial charge in [-0.3, -0.25) is 19.7 Å². The molecule has 0 saturated carbocycles. The van der Waals surface area contributed by atoms with Gasteiger partial charge in [0.15, 0.2) is 16.4 Å². The van der Waals surface area contributed by atoms with Gasteiger partial charge in [-0.05, 0) is 30.3 Å². The molecule has 0 aliphatic carbocycles. The van der Waals surface area contributed by atoms with E-state index >= 15 is 0 Å². The zero-order valence-corrected chi connectivity index (χ0v) is 14.9. The summed E-state index contributed by atoms with van der Waals surface area (Å²) in [4.78, 5) is 32.9. The number of hydrogen-bond acceptors (Lipinski definition) is 7. The molecule has 2 aromatic carbocycles. The average molecular weight is 393 g/mol. The van der Waals surface area contributed by atoms with Gasteiger partial charge in [0.05, 0.1) is 9.82 Å². The summed E-state index contributed by atoms with van der Waals surface area (Å²) < 4.78 is 28.5. The number of nitrogens with two attached hydrogens (primary N) is 1. The number of hydrogen-bond donors (Lipinski definition) is 2. The number of non-ortho nitro benzene ring substituents is 1. The Morgan fingerprint density at radius 2 is 1.81 bits per heavy atom. The quantitative estimate of drug-likeness (QED) is 0.526. The van der Waals surface area contributed by atoms with Gasteiger partial charge in [0.25, 0.3) is 17.5 Å². The van der Waals surface area contributed by atoms with Crippen molar-refractivity contribution in [1.29, 1.82) is 0 Å². The van der Waals surface area contributed by atoms with Gasteiger partial charge < -0.3 is 15.8 Å². The van der Waals surface area contributed by atoms with E-state index in [0.29, 0.717) is 11.4 Å². The summed E-state index contributed by atoms with van der Waals surface area (Å²) in [6.07, 6.45) is 0.887. The van der Waals surface area contributed by atoms with Crippen LogP contribution in [-0.2, 0) is 14.6 Å². The van der Waals surface area contributed by atoms with E-state index in [-0.39, 0.29) is 17.1 Å². The average Bonchev–Trinajstić information content (AvgIpc) is 2.59. The van der Waals surface area contributed by atoms with Gasteiger partial charge in [0.1, 0.15) is 5.75 Å². The molecule has 0 fully saturated rings. The minimum atomic E-state index is -3.75. The zero-order valence-electron chi connectivity index (χ0n) is 14.0. The fourth-order valence-electron chi connectivity index (χ4n) is 2.03. The molecule has 0 radical (unpaired) electrons. The Bertz CT molecular complexity index is 1000. The summed E-state index contributed by atoms with van der Waals surface area (Å²) in [6.45, 7) is -0.298.